The molecule has 0 amide bonds. The SMILES string of the molecule is CCNc1ncc(Br)c(Nc2cccc(Br)c2C)n1. The minimum Gasteiger partial charge on any atom is -0.354 e. The summed E-state index contributed by atoms with van der Waals surface area (Å²) < 4.78 is 1.89. The van der Waals surface area contributed by atoms with E-state index in [1.54, 1.807) is 6.20 Å². The van der Waals surface area contributed by atoms with Crippen LogP contribution in [0.25, 0.3) is 0 Å². The number of benzene rings is 1. The first-order chi connectivity index (χ1) is 9.11. The number of rotatable bonds is 4. The van der Waals surface area contributed by atoms with Gasteiger partial charge in [-0.25, -0.2) is 4.98 Å². The van der Waals surface area contributed by atoms with Crippen molar-refractivity contribution in [3.8, 4) is 0 Å². The predicted octanol–water partition coefficient (Wildman–Crippen LogP) is 4.49. The van der Waals surface area contributed by atoms with Crippen LogP contribution >= 0.6 is 31.9 Å². The van der Waals surface area contributed by atoms with E-state index in [-0.39, 0.29) is 0 Å². The second-order valence-corrected chi connectivity index (χ2v) is 5.67. The molecule has 0 atom stereocenters. The quantitative estimate of drug-likeness (QED) is 0.814. The molecule has 4 nitrogen and oxygen atoms in total. The summed E-state index contributed by atoms with van der Waals surface area (Å²) in [6.45, 7) is 4.85. The molecule has 0 aliphatic heterocycles. The van der Waals surface area contributed by atoms with Crippen LogP contribution in [0.5, 0.6) is 0 Å². The first kappa shape index (κ1) is 14.3. The van der Waals surface area contributed by atoms with E-state index in [0.717, 1.165) is 32.6 Å². The van der Waals surface area contributed by atoms with Crippen molar-refractivity contribution in [1.29, 1.82) is 0 Å². The van der Waals surface area contributed by atoms with E-state index in [1.165, 1.54) is 0 Å². The van der Waals surface area contributed by atoms with Gasteiger partial charge in [0.05, 0.1) is 4.47 Å². The van der Waals surface area contributed by atoms with Crippen molar-refractivity contribution in [2.45, 2.75) is 13.8 Å². The third kappa shape index (κ3) is 3.45. The molecule has 1 aromatic heterocycles. The largest absolute Gasteiger partial charge is 0.354 e. The summed E-state index contributed by atoms with van der Waals surface area (Å²) in [5.41, 5.74) is 2.15. The zero-order chi connectivity index (χ0) is 13.8. The molecule has 0 fully saturated rings. The molecule has 2 N–H and O–H groups in total. The molecule has 0 radical (unpaired) electrons. The van der Waals surface area contributed by atoms with Crippen LogP contribution in [0.2, 0.25) is 0 Å². The smallest absolute Gasteiger partial charge is 0.224 e. The number of hydrogen-bond donors (Lipinski definition) is 2. The van der Waals surface area contributed by atoms with E-state index in [9.17, 15) is 0 Å². The molecule has 0 aliphatic rings. The van der Waals surface area contributed by atoms with E-state index in [0.29, 0.717) is 5.95 Å². The summed E-state index contributed by atoms with van der Waals surface area (Å²) in [6, 6.07) is 6.01. The monoisotopic (exact) mass is 384 g/mol. The summed E-state index contributed by atoms with van der Waals surface area (Å²) in [5, 5.41) is 6.41. The molecule has 1 heterocycles. The van der Waals surface area contributed by atoms with Crippen LogP contribution in [0.15, 0.2) is 33.3 Å². The van der Waals surface area contributed by atoms with Gasteiger partial charge in [-0.2, -0.15) is 4.98 Å². The first-order valence-corrected chi connectivity index (χ1v) is 7.49. The lowest BCUT2D eigenvalue weighted by Crippen LogP contribution is -2.05. The normalized spacial score (nSPS) is 10.3. The molecule has 2 aromatic rings. The Balaban J connectivity index is 2.32. The molecule has 100 valence electrons. The van der Waals surface area contributed by atoms with Crippen molar-refractivity contribution in [1.82, 2.24) is 9.97 Å². The maximum Gasteiger partial charge on any atom is 0.224 e. The maximum atomic E-state index is 4.43. The fraction of sp³-hybridized carbons (Fsp3) is 0.231. The molecule has 0 aliphatic carbocycles. The second kappa shape index (κ2) is 6.34. The third-order valence-corrected chi connectivity index (χ3v) is 4.04. The Morgan fingerprint density at radius 1 is 1.21 bits per heavy atom. The van der Waals surface area contributed by atoms with Crippen LogP contribution in [0, 0.1) is 6.92 Å². The van der Waals surface area contributed by atoms with Gasteiger partial charge in [0.15, 0.2) is 0 Å². The average molecular weight is 386 g/mol. The minimum atomic E-state index is 0.612. The van der Waals surface area contributed by atoms with Crippen molar-refractivity contribution >= 4 is 49.3 Å². The number of halogens is 2. The van der Waals surface area contributed by atoms with Crippen molar-refractivity contribution in [3.05, 3.63) is 38.9 Å². The Bertz CT molecular complexity index is 587. The molecular weight excluding hydrogens is 372 g/mol. The second-order valence-electron chi connectivity index (χ2n) is 3.96. The van der Waals surface area contributed by atoms with Gasteiger partial charge in [-0.05, 0) is 47.5 Å². The van der Waals surface area contributed by atoms with E-state index in [4.69, 9.17) is 0 Å². The summed E-state index contributed by atoms with van der Waals surface area (Å²) in [6.07, 6.45) is 1.74. The Kier molecular flexibility index (Phi) is 4.76. The van der Waals surface area contributed by atoms with Crippen molar-refractivity contribution < 1.29 is 0 Å². The molecule has 19 heavy (non-hydrogen) atoms. The maximum absolute atomic E-state index is 4.43. The number of anilines is 3. The Labute approximate surface area is 129 Å². The zero-order valence-corrected chi connectivity index (χ0v) is 13.8. The molecular formula is C13H14Br2N4. The topological polar surface area (TPSA) is 49.8 Å². The lowest BCUT2D eigenvalue weighted by Gasteiger charge is -2.12. The Morgan fingerprint density at radius 3 is 2.74 bits per heavy atom. The third-order valence-electron chi connectivity index (χ3n) is 2.60. The van der Waals surface area contributed by atoms with E-state index in [1.807, 2.05) is 32.0 Å². The number of nitrogens with zero attached hydrogens (tertiary/aromatic N) is 2. The molecule has 0 bridgehead atoms. The van der Waals surface area contributed by atoms with Crippen molar-refractivity contribution in [2.24, 2.45) is 0 Å². The number of nitrogens with one attached hydrogen (secondary N) is 2. The lowest BCUT2D eigenvalue weighted by atomic mass is 10.2. The highest BCUT2D eigenvalue weighted by molar-refractivity contribution is 9.10. The molecule has 1 aromatic carbocycles. The molecule has 6 heteroatoms. The highest BCUT2D eigenvalue weighted by atomic mass is 79.9. The van der Waals surface area contributed by atoms with Gasteiger partial charge in [-0.15, -0.1) is 0 Å². The van der Waals surface area contributed by atoms with E-state index in [2.05, 4.69) is 52.5 Å². The van der Waals surface area contributed by atoms with E-state index >= 15 is 0 Å². The van der Waals surface area contributed by atoms with Crippen LogP contribution in [-0.4, -0.2) is 16.5 Å². The van der Waals surface area contributed by atoms with Crippen molar-refractivity contribution in [3.63, 3.8) is 0 Å². The summed E-state index contributed by atoms with van der Waals surface area (Å²) in [5.74, 6) is 1.35. The highest BCUT2D eigenvalue weighted by Gasteiger charge is 2.07. The Morgan fingerprint density at radius 2 is 2.00 bits per heavy atom. The van der Waals surface area contributed by atoms with Gasteiger partial charge in [0.2, 0.25) is 5.95 Å². The van der Waals surface area contributed by atoms with Crippen LogP contribution in [0.1, 0.15) is 12.5 Å². The van der Waals surface area contributed by atoms with Gasteiger partial charge in [0.25, 0.3) is 0 Å². The van der Waals surface area contributed by atoms with Crippen LogP contribution < -0.4 is 10.6 Å². The van der Waals surface area contributed by atoms with Gasteiger partial charge in [-0.3, -0.25) is 0 Å². The standard InChI is InChI=1S/C13H14Br2N4/c1-3-16-13-17-7-10(15)12(19-13)18-11-6-4-5-9(14)8(11)2/h4-7H,3H2,1-2H3,(H2,16,17,18,19). The average Bonchev–Trinajstić information content (AvgIpc) is 2.39. The predicted molar refractivity (Wildman–Crippen MR) is 86.1 cm³/mol. The van der Waals surface area contributed by atoms with Gasteiger partial charge in [-0.1, -0.05) is 22.0 Å². The Hall–Kier alpha value is -1.14. The fourth-order valence-corrected chi connectivity index (χ4v) is 2.22. The molecule has 0 saturated carbocycles. The molecule has 0 unspecified atom stereocenters. The first-order valence-electron chi connectivity index (χ1n) is 5.90. The fourth-order valence-electron chi connectivity index (χ4n) is 1.57. The molecule has 0 saturated heterocycles. The van der Waals surface area contributed by atoms with Crippen LogP contribution in [0.3, 0.4) is 0 Å². The van der Waals surface area contributed by atoms with Gasteiger partial charge in [0, 0.05) is 22.9 Å². The van der Waals surface area contributed by atoms with Crippen molar-refractivity contribution in [2.75, 3.05) is 17.2 Å². The molecule has 0 spiro atoms. The van der Waals surface area contributed by atoms with Gasteiger partial charge >= 0.3 is 0 Å². The summed E-state index contributed by atoms with van der Waals surface area (Å²) in [4.78, 5) is 8.62. The minimum absolute atomic E-state index is 0.612. The summed E-state index contributed by atoms with van der Waals surface area (Å²) in [7, 11) is 0. The number of aromatic nitrogens is 2. The van der Waals surface area contributed by atoms with Gasteiger partial charge in [0.1, 0.15) is 5.82 Å². The van der Waals surface area contributed by atoms with Crippen LogP contribution in [-0.2, 0) is 0 Å². The van der Waals surface area contributed by atoms with E-state index < -0.39 is 0 Å². The molecule has 2 rings (SSSR count). The number of hydrogen-bond acceptors (Lipinski definition) is 4. The zero-order valence-electron chi connectivity index (χ0n) is 10.7. The summed E-state index contributed by atoms with van der Waals surface area (Å²) >= 11 is 6.98. The van der Waals surface area contributed by atoms with Crippen LogP contribution in [0.4, 0.5) is 17.5 Å². The lowest BCUT2D eigenvalue weighted by molar-refractivity contribution is 1.08. The van der Waals surface area contributed by atoms with Gasteiger partial charge < -0.3 is 10.6 Å². The highest BCUT2D eigenvalue weighted by Crippen LogP contribution is 2.29.